The van der Waals surface area contributed by atoms with Crippen molar-refractivity contribution < 1.29 is 27.9 Å². The number of anilines is 1. The van der Waals surface area contributed by atoms with Gasteiger partial charge in [0.15, 0.2) is 0 Å². The van der Waals surface area contributed by atoms with Crippen molar-refractivity contribution in [3.63, 3.8) is 0 Å². The van der Waals surface area contributed by atoms with E-state index in [1.165, 1.54) is 25.7 Å². The third kappa shape index (κ3) is 6.94. The Bertz CT molecular complexity index is 1040. The van der Waals surface area contributed by atoms with Gasteiger partial charge in [-0.1, -0.05) is 0 Å². The smallest absolute Gasteiger partial charge is 0.475 e. The summed E-state index contributed by atoms with van der Waals surface area (Å²) < 4.78 is 33.8. The van der Waals surface area contributed by atoms with Gasteiger partial charge in [-0.2, -0.15) is 18.4 Å². The number of aliphatic carboxylic acids is 1. The minimum Gasteiger partial charge on any atom is -0.475 e. The van der Waals surface area contributed by atoms with E-state index in [0.717, 1.165) is 36.7 Å². The number of nitriles is 1. The molecule has 182 valence electrons. The Morgan fingerprint density at radius 3 is 2.32 bits per heavy atom. The van der Waals surface area contributed by atoms with E-state index in [0.29, 0.717) is 24.6 Å². The predicted octanol–water partition coefficient (Wildman–Crippen LogP) is 3.23. The van der Waals surface area contributed by atoms with Crippen LogP contribution in [0.25, 0.3) is 11.1 Å². The number of carboxylic acid groups (broad SMARTS) is 1. The number of carbonyl (C=O) groups is 2. The number of halogens is 3. The Kier molecular flexibility index (Phi) is 8.09. The number of alkyl halides is 3. The van der Waals surface area contributed by atoms with Gasteiger partial charge in [0, 0.05) is 55.9 Å². The summed E-state index contributed by atoms with van der Waals surface area (Å²) in [6.45, 7) is 3.26. The van der Waals surface area contributed by atoms with Crippen molar-refractivity contribution >= 4 is 17.8 Å². The summed E-state index contributed by atoms with van der Waals surface area (Å²) in [4.78, 5) is 32.7. The average Bonchev–Trinajstić information content (AvgIpc) is 3.26. The summed E-state index contributed by atoms with van der Waals surface area (Å²) in [6, 6.07) is 3.95. The van der Waals surface area contributed by atoms with E-state index in [4.69, 9.17) is 15.2 Å². The number of hydrogen-bond donors (Lipinski definition) is 2. The lowest BCUT2D eigenvalue weighted by molar-refractivity contribution is -0.192. The molecule has 0 radical (unpaired) electrons. The van der Waals surface area contributed by atoms with Crippen molar-refractivity contribution in [3.8, 4) is 17.2 Å². The molecule has 0 atom stereocenters. The van der Waals surface area contributed by atoms with E-state index in [1.807, 2.05) is 35.3 Å². The number of nitrogens with one attached hydrogen (secondary N) is 1. The Balaban J connectivity index is 0.000000406. The number of nitrogens with zero attached hydrogens (tertiary/aromatic N) is 5. The van der Waals surface area contributed by atoms with E-state index in [-0.39, 0.29) is 5.91 Å². The molecule has 0 bridgehead atoms. The molecule has 3 heterocycles. The Morgan fingerprint density at radius 1 is 1.18 bits per heavy atom. The van der Waals surface area contributed by atoms with Crippen LogP contribution in [0.5, 0.6) is 0 Å². The summed E-state index contributed by atoms with van der Waals surface area (Å²) in [6.07, 6.45) is 5.76. The van der Waals surface area contributed by atoms with Crippen LogP contribution < -0.4 is 10.2 Å². The zero-order valence-electron chi connectivity index (χ0n) is 18.4. The number of hydrogen-bond acceptors (Lipinski definition) is 6. The van der Waals surface area contributed by atoms with Gasteiger partial charge in [-0.05, 0) is 37.7 Å². The fraction of sp³-hybridized carbons (Fsp3) is 0.500. The van der Waals surface area contributed by atoms with Gasteiger partial charge < -0.3 is 19.9 Å². The zero-order valence-corrected chi connectivity index (χ0v) is 18.4. The van der Waals surface area contributed by atoms with E-state index in [2.05, 4.69) is 20.2 Å². The quantitative estimate of drug-likeness (QED) is 0.586. The third-order valence-corrected chi connectivity index (χ3v) is 5.41. The standard InChI is InChI=1S/C20H24N6O.C2HF3O2/c21-6-3-7-22-19(27)18-10-16(14-26(18)13-15-4-5-15)17-11-23-20(24-12-17)25-8-1-2-9-25;3-2(4,5)1(6)7/h10-12,14-15H,1-5,7-9,13H2,(H,22,27);(H,6,7). The van der Waals surface area contributed by atoms with Gasteiger partial charge in [-0.25, -0.2) is 14.8 Å². The summed E-state index contributed by atoms with van der Waals surface area (Å²) in [5.74, 6) is -1.45. The van der Waals surface area contributed by atoms with E-state index in [1.54, 1.807) is 0 Å². The second-order valence-electron chi connectivity index (χ2n) is 8.14. The van der Waals surface area contributed by atoms with E-state index in [9.17, 15) is 18.0 Å². The minimum absolute atomic E-state index is 0.133. The maximum Gasteiger partial charge on any atom is 0.490 e. The van der Waals surface area contributed by atoms with Gasteiger partial charge in [-0.15, -0.1) is 0 Å². The lowest BCUT2D eigenvalue weighted by Gasteiger charge is -2.14. The zero-order chi connectivity index (χ0) is 24.7. The van der Waals surface area contributed by atoms with Crippen LogP contribution in [0.3, 0.4) is 0 Å². The van der Waals surface area contributed by atoms with Gasteiger partial charge in [-0.3, -0.25) is 4.79 Å². The number of rotatable bonds is 7. The van der Waals surface area contributed by atoms with Crippen molar-refractivity contribution in [3.05, 3.63) is 30.4 Å². The van der Waals surface area contributed by atoms with Crippen molar-refractivity contribution in [1.29, 1.82) is 5.26 Å². The monoisotopic (exact) mass is 478 g/mol. The van der Waals surface area contributed by atoms with Gasteiger partial charge >= 0.3 is 12.1 Å². The highest BCUT2D eigenvalue weighted by molar-refractivity contribution is 5.94. The lowest BCUT2D eigenvalue weighted by Crippen LogP contribution is -2.26. The van der Waals surface area contributed by atoms with Crippen LogP contribution in [0.15, 0.2) is 24.7 Å². The predicted molar refractivity (Wildman–Crippen MR) is 116 cm³/mol. The van der Waals surface area contributed by atoms with E-state index < -0.39 is 12.1 Å². The maximum absolute atomic E-state index is 12.5. The number of aromatic nitrogens is 3. The maximum atomic E-state index is 12.5. The third-order valence-electron chi connectivity index (χ3n) is 5.41. The molecule has 1 aliphatic carbocycles. The number of carbonyl (C=O) groups excluding carboxylic acids is 1. The molecule has 34 heavy (non-hydrogen) atoms. The van der Waals surface area contributed by atoms with Crippen LogP contribution in [0.4, 0.5) is 19.1 Å². The molecule has 12 heteroatoms. The molecular formula is C22H25F3N6O3. The second kappa shape index (κ2) is 11.0. The SMILES string of the molecule is N#CCCNC(=O)c1cc(-c2cnc(N3CCCC3)nc2)cn1CC1CC1.O=C(O)C(F)(F)F. The molecule has 2 aliphatic rings. The normalized spacial score (nSPS) is 15.3. The highest BCUT2D eigenvalue weighted by Gasteiger charge is 2.38. The van der Waals surface area contributed by atoms with Crippen LogP contribution >= 0.6 is 0 Å². The first-order valence-electron chi connectivity index (χ1n) is 10.9. The lowest BCUT2D eigenvalue weighted by atomic mass is 10.2. The summed E-state index contributed by atoms with van der Waals surface area (Å²) in [5, 5.41) is 18.6. The first-order chi connectivity index (χ1) is 16.2. The Labute approximate surface area is 194 Å². The molecule has 1 saturated heterocycles. The van der Waals surface area contributed by atoms with Gasteiger partial charge in [0.1, 0.15) is 5.69 Å². The molecule has 2 aromatic rings. The first-order valence-corrected chi connectivity index (χ1v) is 10.9. The van der Waals surface area contributed by atoms with Crippen LogP contribution in [-0.4, -0.2) is 57.3 Å². The minimum atomic E-state index is -5.08. The van der Waals surface area contributed by atoms with Crippen LogP contribution in [-0.2, 0) is 11.3 Å². The van der Waals surface area contributed by atoms with Crippen LogP contribution in [0.1, 0.15) is 42.6 Å². The fourth-order valence-electron chi connectivity index (χ4n) is 3.46. The van der Waals surface area contributed by atoms with Gasteiger partial charge in [0.05, 0.1) is 12.5 Å². The molecule has 0 unspecified atom stereocenters. The van der Waals surface area contributed by atoms with Crippen molar-refractivity contribution in [2.24, 2.45) is 5.92 Å². The van der Waals surface area contributed by atoms with E-state index >= 15 is 0 Å². The second-order valence-corrected chi connectivity index (χ2v) is 8.14. The summed E-state index contributed by atoms with van der Waals surface area (Å²) in [5.41, 5.74) is 2.51. The Hall–Kier alpha value is -3.62. The van der Waals surface area contributed by atoms with Gasteiger partial charge in [0.2, 0.25) is 5.95 Å². The molecule has 2 N–H and O–H groups in total. The largest absolute Gasteiger partial charge is 0.490 e. The highest BCUT2D eigenvalue weighted by Crippen LogP contribution is 2.32. The first kappa shape index (κ1) is 25.0. The molecule has 1 amide bonds. The number of carboxylic acids is 1. The molecule has 0 aromatic carbocycles. The number of amides is 1. The van der Waals surface area contributed by atoms with Crippen molar-refractivity contribution in [1.82, 2.24) is 19.9 Å². The highest BCUT2D eigenvalue weighted by atomic mass is 19.4. The van der Waals surface area contributed by atoms with Gasteiger partial charge in [0.25, 0.3) is 5.91 Å². The molecule has 1 aliphatic heterocycles. The molecule has 0 spiro atoms. The average molecular weight is 478 g/mol. The molecule has 1 saturated carbocycles. The summed E-state index contributed by atoms with van der Waals surface area (Å²) in [7, 11) is 0. The Morgan fingerprint density at radius 2 is 1.79 bits per heavy atom. The molecule has 9 nitrogen and oxygen atoms in total. The molecule has 2 aromatic heterocycles. The van der Waals surface area contributed by atoms with Crippen molar-refractivity contribution in [2.45, 2.75) is 44.8 Å². The topological polar surface area (TPSA) is 124 Å². The van der Waals surface area contributed by atoms with Crippen LogP contribution in [0.2, 0.25) is 0 Å². The fourth-order valence-corrected chi connectivity index (χ4v) is 3.46. The van der Waals surface area contributed by atoms with Crippen LogP contribution in [0, 0.1) is 17.2 Å². The molecule has 2 fully saturated rings. The van der Waals surface area contributed by atoms with Crippen molar-refractivity contribution in [2.75, 3.05) is 24.5 Å². The summed E-state index contributed by atoms with van der Waals surface area (Å²) >= 11 is 0. The molecule has 4 rings (SSSR count). The molecular weight excluding hydrogens is 453 g/mol.